The molecule has 0 fully saturated rings. The van der Waals surface area contributed by atoms with Crippen LogP contribution in [0.25, 0.3) is 11.0 Å². The third-order valence-electron chi connectivity index (χ3n) is 4.53. The molecule has 0 bridgehead atoms. The van der Waals surface area contributed by atoms with Gasteiger partial charge in [0.1, 0.15) is 17.9 Å². The van der Waals surface area contributed by atoms with Crippen LogP contribution in [0, 0.1) is 19.7 Å². The molecule has 1 atom stereocenters. The molecule has 0 saturated carbocycles. The third-order valence-corrected chi connectivity index (χ3v) is 4.53. The molecule has 0 aliphatic carbocycles. The van der Waals surface area contributed by atoms with E-state index in [0.717, 1.165) is 27.0 Å². The second-order valence-electron chi connectivity index (χ2n) is 6.89. The van der Waals surface area contributed by atoms with Crippen molar-refractivity contribution in [3.63, 3.8) is 0 Å². The van der Waals surface area contributed by atoms with E-state index in [4.69, 9.17) is 4.42 Å². The van der Waals surface area contributed by atoms with Crippen LogP contribution >= 0.6 is 0 Å². The van der Waals surface area contributed by atoms with Gasteiger partial charge >= 0.3 is 5.63 Å². The number of nitrogens with one attached hydrogen (secondary N) is 2. The van der Waals surface area contributed by atoms with Crippen LogP contribution in [0.4, 0.5) is 10.1 Å². The third kappa shape index (κ3) is 4.60. The molecule has 1 heterocycles. The second-order valence-corrected chi connectivity index (χ2v) is 6.89. The monoisotopic (exact) mass is 369 g/mol. The van der Waals surface area contributed by atoms with Gasteiger partial charge in [-0.3, -0.25) is 4.79 Å². The van der Waals surface area contributed by atoms with Crippen molar-refractivity contribution in [1.82, 2.24) is 0 Å². The number of rotatable bonds is 5. The van der Waals surface area contributed by atoms with Crippen molar-refractivity contribution in [3.05, 3.63) is 75.4 Å². The fourth-order valence-electron chi connectivity index (χ4n) is 3.03. The van der Waals surface area contributed by atoms with Crippen molar-refractivity contribution >= 4 is 22.6 Å². The lowest BCUT2D eigenvalue weighted by Crippen LogP contribution is -3.08. The van der Waals surface area contributed by atoms with E-state index in [2.05, 4.69) is 5.32 Å². The highest BCUT2D eigenvalue weighted by Gasteiger charge is 2.15. The van der Waals surface area contributed by atoms with Gasteiger partial charge in [0.25, 0.3) is 5.91 Å². The van der Waals surface area contributed by atoms with Gasteiger partial charge in [0, 0.05) is 22.7 Å². The van der Waals surface area contributed by atoms with Crippen LogP contribution in [0.15, 0.2) is 51.7 Å². The largest absolute Gasteiger partial charge is 0.423 e. The number of hydrogen-bond donors (Lipinski definition) is 2. The highest BCUT2D eigenvalue weighted by Crippen LogP contribution is 2.21. The van der Waals surface area contributed by atoms with Gasteiger partial charge in [-0.05, 0) is 61.4 Å². The van der Waals surface area contributed by atoms with Gasteiger partial charge in [0.05, 0.1) is 7.05 Å². The minimum atomic E-state index is -0.399. The van der Waals surface area contributed by atoms with Crippen LogP contribution < -0.4 is 15.8 Å². The molecule has 6 heteroatoms. The Kier molecular flexibility index (Phi) is 5.37. The van der Waals surface area contributed by atoms with Crippen LogP contribution in [0.1, 0.15) is 16.7 Å². The van der Waals surface area contributed by atoms with Crippen molar-refractivity contribution in [1.29, 1.82) is 0 Å². The van der Waals surface area contributed by atoms with Gasteiger partial charge in [-0.1, -0.05) is 0 Å². The zero-order chi connectivity index (χ0) is 19.6. The van der Waals surface area contributed by atoms with E-state index < -0.39 is 5.63 Å². The summed E-state index contributed by atoms with van der Waals surface area (Å²) in [6.45, 7) is 4.69. The minimum absolute atomic E-state index is 0.182. The van der Waals surface area contributed by atoms with Crippen LogP contribution in [0.2, 0.25) is 0 Å². The highest BCUT2D eigenvalue weighted by molar-refractivity contribution is 5.91. The number of hydrogen-bond acceptors (Lipinski definition) is 3. The Bertz CT molecular complexity index is 1040. The molecular weight excluding hydrogens is 347 g/mol. The van der Waals surface area contributed by atoms with Gasteiger partial charge < -0.3 is 14.6 Å². The predicted octanol–water partition coefficient (Wildman–Crippen LogP) is 2.20. The maximum absolute atomic E-state index is 12.9. The van der Waals surface area contributed by atoms with E-state index >= 15 is 0 Å². The predicted molar refractivity (Wildman–Crippen MR) is 102 cm³/mol. The summed E-state index contributed by atoms with van der Waals surface area (Å²) >= 11 is 0. The quantitative estimate of drug-likeness (QED) is 0.678. The Morgan fingerprint density at radius 1 is 1.11 bits per heavy atom. The molecule has 1 unspecified atom stereocenters. The number of likely N-dealkylation sites (N-methyl/N-ethyl adjacent to an activating group) is 1. The number of anilines is 1. The summed E-state index contributed by atoms with van der Waals surface area (Å²) < 4.78 is 18.3. The van der Waals surface area contributed by atoms with Gasteiger partial charge in [0.15, 0.2) is 6.54 Å². The first-order valence-electron chi connectivity index (χ1n) is 8.72. The van der Waals surface area contributed by atoms with Gasteiger partial charge in [-0.2, -0.15) is 0 Å². The number of aryl methyl sites for hydroxylation is 2. The Hall–Kier alpha value is -2.99. The van der Waals surface area contributed by atoms with Gasteiger partial charge in [0.2, 0.25) is 0 Å². The molecule has 3 aromatic rings. The fraction of sp³-hybridized carbons (Fsp3) is 0.238. The minimum Gasteiger partial charge on any atom is -0.423 e. The van der Waals surface area contributed by atoms with Crippen molar-refractivity contribution in [2.24, 2.45) is 0 Å². The van der Waals surface area contributed by atoms with E-state index in [-0.39, 0.29) is 18.3 Å². The molecule has 0 spiro atoms. The van der Waals surface area contributed by atoms with Crippen LogP contribution in [0.3, 0.4) is 0 Å². The summed E-state index contributed by atoms with van der Waals surface area (Å²) in [5.41, 5.74) is 3.72. The average molecular weight is 369 g/mol. The Morgan fingerprint density at radius 3 is 2.48 bits per heavy atom. The van der Waals surface area contributed by atoms with Crippen molar-refractivity contribution in [2.75, 3.05) is 18.9 Å². The van der Waals surface area contributed by atoms with Crippen LogP contribution in [-0.4, -0.2) is 19.5 Å². The van der Waals surface area contributed by atoms with Crippen molar-refractivity contribution in [3.8, 4) is 0 Å². The lowest BCUT2D eigenvalue weighted by Gasteiger charge is -2.15. The summed E-state index contributed by atoms with van der Waals surface area (Å²) in [6, 6.07) is 11.0. The lowest BCUT2D eigenvalue weighted by atomic mass is 10.0. The number of carbonyl (C=O) groups excluding carboxylic acids is 1. The lowest BCUT2D eigenvalue weighted by molar-refractivity contribution is -0.885. The van der Waals surface area contributed by atoms with E-state index in [0.29, 0.717) is 17.8 Å². The standard InChI is InChI=1S/C21H21FN2O3/c1-13-8-18-15(10-21(26)27-19(18)9-14(13)2)11-24(3)12-20(25)23-17-6-4-16(22)5-7-17/h4-10H,11-12H2,1-3H3,(H,23,25)/p+1. The van der Waals surface area contributed by atoms with Gasteiger partial charge in [-0.25, -0.2) is 9.18 Å². The maximum Gasteiger partial charge on any atom is 0.336 e. The summed E-state index contributed by atoms with van der Waals surface area (Å²) in [5, 5.41) is 3.63. The molecule has 27 heavy (non-hydrogen) atoms. The Morgan fingerprint density at radius 2 is 1.78 bits per heavy atom. The molecule has 2 aromatic carbocycles. The van der Waals surface area contributed by atoms with Crippen molar-refractivity contribution < 1.29 is 18.5 Å². The molecule has 0 saturated heterocycles. The Balaban J connectivity index is 1.74. The number of amides is 1. The van der Waals surface area contributed by atoms with E-state index in [1.807, 2.05) is 33.0 Å². The first-order valence-corrected chi connectivity index (χ1v) is 8.72. The molecule has 2 N–H and O–H groups in total. The summed E-state index contributed by atoms with van der Waals surface area (Å²) in [4.78, 5) is 25.0. The second kappa shape index (κ2) is 7.72. The zero-order valence-electron chi connectivity index (χ0n) is 15.6. The first kappa shape index (κ1) is 18.8. The molecule has 1 aromatic heterocycles. The Labute approximate surface area is 156 Å². The number of quaternary nitrogens is 1. The van der Waals surface area contributed by atoms with Crippen LogP contribution in [0.5, 0.6) is 0 Å². The molecule has 0 aliphatic heterocycles. The zero-order valence-corrected chi connectivity index (χ0v) is 15.6. The molecular formula is C21H22FN2O3+. The highest BCUT2D eigenvalue weighted by atomic mass is 19.1. The average Bonchev–Trinajstić information content (AvgIpc) is 2.58. The molecule has 0 radical (unpaired) electrons. The van der Waals surface area contributed by atoms with E-state index in [1.54, 1.807) is 0 Å². The molecule has 0 aliphatic rings. The molecule has 1 amide bonds. The van der Waals surface area contributed by atoms with E-state index in [9.17, 15) is 14.0 Å². The smallest absolute Gasteiger partial charge is 0.336 e. The van der Waals surface area contributed by atoms with Crippen LogP contribution in [-0.2, 0) is 11.3 Å². The molecule has 5 nitrogen and oxygen atoms in total. The SMILES string of the molecule is Cc1cc2oc(=O)cc(C[NH+](C)CC(=O)Nc3ccc(F)cc3)c2cc1C. The topological polar surface area (TPSA) is 63.8 Å². The summed E-state index contributed by atoms with van der Waals surface area (Å²) in [7, 11) is 1.88. The normalized spacial score (nSPS) is 12.1. The van der Waals surface area contributed by atoms with Crippen molar-refractivity contribution in [2.45, 2.75) is 20.4 Å². The number of carbonyl (C=O) groups is 1. The number of halogens is 1. The molecule has 140 valence electrons. The van der Waals surface area contributed by atoms with Gasteiger partial charge in [-0.15, -0.1) is 0 Å². The summed E-state index contributed by atoms with van der Waals surface area (Å²) in [5.74, 6) is -0.533. The summed E-state index contributed by atoms with van der Waals surface area (Å²) in [6.07, 6.45) is 0. The van der Waals surface area contributed by atoms with E-state index in [1.165, 1.54) is 30.3 Å². The number of benzene rings is 2. The maximum atomic E-state index is 12.9. The first-order chi connectivity index (χ1) is 12.8. The fourth-order valence-corrected chi connectivity index (χ4v) is 3.03. The number of fused-ring (bicyclic) bond motifs is 1. The molecule has 3 rings (SSSR count).